The van der Waals surface area contributed by atoms with Gasteiger partial charge in [0.2, 0.25) is 0 Å². The molecule has 2 heterocycles. The van der Waals surface area contributed by atoms with Gasteiger partial charge >= 0.3 is 6.18 Å². The Morgan fingerprint density at radius 1 is 1.05 bits per heavy atom. The predicted molar refractivity (Wildman–Crippen MR) is 136 cm³/mol. The van der Waals surface area contributed by atoms with Crippen LogP contribution < -0.4 is 10.2 Å². The Morgan fingerprint density at radius 2 is 1.81 bits per heavy atom. The average molecular weight is 543 g/mol. The number of halogens is 5. The summed E-state index contributed by atoms with van der Waals surface area (Å²) in [5.41, 5.74) is 1.71. The number of nitrogens with one attached hydrogen (secondary N) is 1. The maximum Gasteiger partial charge on any atom is 0.390 e. The topological polar surface area (TPSA) is 59.1 Å². The number of benzene rings is 2. The van der Waals surface area contributed by atoms with Crippen LogP contribution in [0.25, 0.3) is 0 Å². The summed E-state index contributed by atoms with van der Waals surface area (Å²) in [6.45, 7) is 3.64. The SMILES string of the molecule is O=C(Nc1ccc(Cl)cc1N1CCN(CCC(F)(F)F)CC1)c1ccc(CN2CCCC(O)C2)cc1F. The zero-order valence-corrected chi connectivity index (χ0v) is 21.2. The number of carbonyl (C=O) groups is 1. The van der Waals surface area contributed by atoms with Crippen molar-refractivity contribution >= 4 is 28.9 Å². The lowest BCUT2D eigenvalue weighted by atomic mass is 10.1. The molecule has 4 rings (SSSR count). The number of rotatable bonds is 7. The lowest BCUT2D eigenvalue weighted by molar-refractivity contribution is -0.138. The maximum atomic E-state index is 14.9. The van der Waals surface area contributed by atoms with Crippen LogP contribution >= 0.6 is 11.6 Å². The molecule has 1 unspecified atom stereocenters. The van der Waals surface area contributed by atoms with Crippen molar-refractivity contribution in [2.45, 2.75) is 38.1 Å². The first-order valence-electron chi connectivity index (χ1n) is 12.4. The summed E-state index contributed by atoms with van der Waals surface area (Å²) in [4.78, 5) is 18.7. The molecule has 0 saturated carbocycles. The summed E-state index contributed by atoms with van der Waals surface area (Å²) in [5, 5.41) is 13.1. The minimum absolute atomic E-state index is 0.0515. The zero-order chi connectivity index (χ0) is 26.6. The number of likely N-dealkylation sites (tertiary alicyclic amines) is 1. The van der Waals surface area contributed by atoms with Crippen LogP contribution in [0.3, 0.4) is 0 Å². The smallest absolute Gasteiger partial charge is 0.390 e. The van der Waals surface area contributed by atoms with Crippen LogP contribution in [-0.2, 0) is 6.54 Å². The fraction of sp³-hybridized carbons (Fsp3) is 0.500. The first kappa shape index (κ1) is 27.6. The molecule has 2 N–H and O–H groups in total. The van der Waals surface area contributed by atoms with Gasteiger partial charge in [0.1, 0.15) is 5.82 Å². The Morgan fingerprint density at radius 3 is 2.49 bits per heavy atom. The maximum absolute atomic E-state index is 14.9. The highest BCUT2D eigenvalue weighted by atomic mass is 35.5. The van der Waals surface area contributed by atoms with E-state index in [2.05, 4.69) is 10.2 Å². The lowest BCUT2D eigenvalue weighted by Gasteiger charge is -2.37. The van der Waals surface area contributed by atoms with Crippen molar-refractivity contribution in [1.82, 2.24) is 9.80 Å². The van der Waals surface area contributed by atoms with Gasteiger partial charge in [-0.1, -0.05) is 17.7 Å². The first-order chi connectivity index (χ1) is 17.6. The van der Waals surface area contributed by atoms with Gasteiger partial charge in [0.05, 0.1) is 29.5 Å². The van der Waals surface area contributed by atoms with E-state index in [1.54, 1.807) is 29.2 Å². The molecule has 6 nitrogen and oxygen atoms in total. The minimum atomic E-state index is -4.19. The number of piperidine rings is 1. The number of anilines is 2. The summed E-state index contributed by atoms with van der Waals surface area (Å²) in [6.07, 6.45) is -3.76. The van der Waals surface area contributed by atoms with Crippen molar-refractivity contribution in [2.24, 2.45) is 0 Å². The molecule has 0 aliphatic carbocycles. The molecule has 2 aromatic rings. The van der Waals surface area contributed by atoms with E-state index < -0.39 is 24.3 Å². The van der Waals surface area contributed by atoms with Crippen LogP contribution in [0.1, 0.15) is 35.2 Å². The normalized spacial score (nSPS) is 19.7. The van der Waals surface area contributed by atoms with Crippen molar-refractivity contribution in [1.29, 1.82) is 0 Å². The van der Waals surface area contributed by atoms with Gasteiger partial charge in [-0.3, -0.25) is 14.6 Å². The molecule has 2 fully saturated rings. The van der Waals surface area contributed by atoms with E-state index in [9.17, 15) is 27.5 Å². The van der Waals surface area contributed by atoms with E-state index in [4.69, 9.17) is 11.6 Å². The van der Waals surface area contributed by atoms with Gasteiger partial charge in [-0.05, 0) is 55.3 Å². The molecular formula is C26H31ClF4N4O2. The third kappa shape index (κ3) is 7.80. The number of alkyl halides is 3. The van der Waals surface area contributed by atoms with E-state index in [1.165, 1.54) is 12.1 Å². The molecule has 2 aliphatic heterocycles. The Balaban J connectivity index is 1.40. The molecule has 0 spiro atoms. The van der Waals surface area contributed by atoms with Crippen molar-refractivity contribution in [3.63, 3.8) is 0 Å². The van der Waals surface area contributed by atoms with Crippen LogP contribution in [0.15, 0.2) is 36.4 Å². The Bertz CT molecular complexity index is 1090. The molecule has 11 heteroatoms. The monoisotopic (exact) mass is 542 g/mol. The summed E-state index contributed by atoms with van der Waals surface area (Å²) in [5.74, 6) is -1.24. The zero-order valence-electron chi connectivity index (χ0n) is 20.4. The second-order valence-corrected chi connectivity index (χ2v) is 10.1. The molecular weight excluding hydrogens is 512 g/mol. The van der Waals surface area contributed by atoms with Crippen LogP contribution in [-0.4, -0.2) is 78.9 Å². The summed E-state index contributed by atoms with van der Waals surface area (Å²) < 4.78 is 52.6. The van der Waals surface area contributed by atoms with Crippen molar-refractivity contribution in [2.75, 3.05) is 56.0 Å². The molecule has 1 amide bonds. The number of amides is 1. The van der Waals surface area contributed by atoms with Crippen LogP contribution in [0, 0.1) is 5.82 Å². The van der Waals surface area contributed by atoms with E-state index >= 15 is 0 Å². The Kier molecular flexibility index (Phi) is 8.94. The highest BCUT2D eigenvalue weighted by molar-refractivity contribution is 6.31. The largest absolute Gasteiger partial charge is 0.392 e. The summed E-state index contributed by atoms with van der Waals surface area (Å²) >= 11 is 6.20. The van der Waals surface area contributed by atoms with Gasteiger partial charge in [-0.15, -0.1) is 0 Å². The third-order valence-electron chi connectivity index (χ3n) is 6.80. The average Bonchev–Trinajstić information content (AvgIpc) is 2.84. The molecule has 0 radical (unpaired) electrons. The molecule has 0 aromatic heterocycles. The number of nitrogens with zero attached hydrogens (tertiary/aromatic N) is 3. The highest BCUT2D eigenvalue weighted by Crippen LogP contribution is 2.31. The summed E-state index contributed by atoms with van der Waals surface area (Å²) in [6, 6.07) is 9.46. The third-order valence-corrected chi connectivity index (χ3v) is 7.03. The number of hydrogen-bond donors (Lipinski definition) is 2. The van der Waals surface area contributed by atoms with E-state index in [0.29, 0.717) is 55.7 Å². The van der Waals surface area contributed by atoms with Gasteiger partial charge in [0.15, 0.2) is 0 Å². The van der Waals surface area contributed by atoms with Crippen molar-refractivity contribution < 1.29 is 27.5 Å². The van der Waals surface area contributed by atoms with Crippen molar-refractivity contribution in [3.05, 3.63) is 58.4 Å². The van der Waals surface area contributed by atoms with E-state index in [0.717, 1.165) is 24.9 Å². The number of β-amino-alcohol motifs (C(OH)–C–C–N with tert-alkyl or cyclic N) is 1. The Hall–Kier alpha value is -2.40. The van der Waals surface area contributed by atoms with Gasteiger partial charge < -0.3 is 15.3 Å². The molecule has 1 atom stereocenters. The molecule has 2 saturated heterocycles. The summed E-state index contributed by atoms with van der Waals surface area (Å²) in [7, 11) is 0. The number of aliphatic hydroxyl groups is 1. The van der Waals surface area contributed by atoms with Gasteiger partial charge in [-0.25, -0.2) is 4.39 Å². The lowest BCUT2D eigenvalue weighted by Crippen LogP contribution is -2.47. The van der Waals surface area contributed by atoms with Crippen LogP contribution in [0.5, 0.6) is 0 Å². The fourth-order valence-electron chi connectivity index (χ4n) is 4.83. The quantitative estimate of drug-likeness (QED) is 0.494. The van der Waals surface area contributed by atoms with Gasteiger partial charge in [0, 0.05) is 50.8 Å². The predicted octanol–water partition coefficient (Wildman–Crippen LogP) is 4.76. The number of hydrogen-bond acceptors (Lipinski definition) is 5. The molecule has 0 bridgehead atoms. The minimum Gasteiger partial charge on any atom is -0.392 e. The number of carbonyl (C=O) groups excluding carboxylic acids is 1. The van der Waals surface area contributed by atoms with Crippen molar-refractivity contribution in [3.8, 4) is 0 Å². The molecule has 2 aliphatic rings. The second-order valence-electron chi connectivity index (χ2n) is 9.65. The van der Waals surface area contributed by atoms with E-state index in [1.807, 2.05) is 4.90 Å². The molecule has 2 aromatic carbocycles. The Labute approximate surface area is 218 Å². The standard InChI is InChI=1S/C26H31ClF4N4O2/c27-19-4-6-23(24(15-19)35-12-10-33(11-13-35)9-7-26(29,30)31)32-25(37)21-5-3-18(14-22(21)28)16-34-8-1-2-20(36)17-34/h3-6,14-15,20,36H,1-2,7-13,16-17H2,(H,32,37). The van der Waals surface area contributed by atoms with Crippen LogP contribution in [0.2, 0.25) is 5.02 Å². The molecule has 37 heavy (non-hydrogen) atoms. The highest BCUT2D eigenvalue weighted by Gasteiger charge is 2.29. The van der Waals surface area contributed by atoms with Gasteiger partial charge in [0.25, 0.3) is 5.91 Å². The fourth-order valence-corrected chi connectivity index (χ4v) is 5.00. The number of aliphatic hydroxyl groups excluding tert-OH is 1. The first-order valence-corrected chi connectivity index (χ1v) is 12.8. The van der Waals surface area contributed by atoms with Gasteiger partial charge in [-0.2, -0.15) is 13.2 Å². The van der Waals surface area contributed by atoms with E-state index in [-0.39, 0.29) is 18.2 Å². The van der Waals surface area contributed by atoms with Crippen LogP contribution in [0.4, 0.5) is 28.9 Å². The number of piperazine rings is 1. The molecule has 202 valence electrons. The second kappa shape index (κ2) is 12.0.